The Morgan fingerprint density at radius 3 is 2.92 bits per heavy atom. The van der Waals surface area contributed by atoms with Crippen molar-refractivity contribution in [2.45, 2.75) is 37.6 Å². The first-order valence-corrected chi connectivity index (χ1v) is 9.35. The smallest absolute Gasteiger partial charge is 0.245 e. The second-order valence-electron chi connectivity index (χ2n) is 6.25. The molecular formula is C15H20N4O4S. The third-order valence-corrected chi connectivity index (χ3v) is 5.95. The summed E-state index contributed by atoms with van der Waals surface area (Å²) >= 11 is 0. The molecule has 8 nitrogen and oxygen atoms in total. The predicted molar refractivity (Wildman–Crippen MR) is 86.6 cm³/mol. The van der Waals surface area contributed by atoms with E-state index in [9.17, 15) is 13.2 Å². The van der Waals surface area contributed by atoms with Crippen LogP contribution in [0.5, 0.6) is 0 Å². The van der Waals surface area contributed by atoms with Crippen LogP contribution in [0.4, 0.5) is 0 Å². The lowest BCUT2D eigenvalue weighted by Gasteiger charge is -2.31. The average Bonchev–Trinajstić information content (AvgIpc) is 3.02. The quantitative estimate of drug-likeness (QED) is 0.885. The lowest BCUT2D eigenvalue weighted by Crippen LogP contribution is -2.46. The molecule has 1 atom stereocenters. The molecule has 0 unspecified atom stereocenters. The van der Waals surface area contributed by atoms with Gasteiger partial charge in [0.05, 0.1) is 5.92 Å². The standard InChI is InChI=1S/C15H20N4O4S/c1-10(2)16-15(20)11-5-4-8-19(9-11)24(21,22)13-7-3-6-12-14(13)18-23-17-12/h3,6-7,10-11H,4-5,8-9H2,1-2H3,(H,16,20)/t11-/m1/s1. The third-order valence-electron chi connectivity index (χ3n) is 4.05. The molecule has 9 heteroatoms. The van der Waals surface area contributed by atoms with Crippen molar-refractivity contribution < 1.29 is 17.8 Å². The van der Waals surface area contributed by atoms with Crippen LogP contribution in [0.15, 0.2) is 27.7 Å². The van der Waals surface area contributed by atoms with E-state index in [4.69, 9.17) is 0 Å². The van der Waals surface area contributed by atoms with Crippen LogP contribution in [0, 0.1) is 5.92 Å². The summed E-state index contributed by atoms with van der Waals surface area (Å²) in [5.74, 6) is -0.447. The number of benzene rings is 1. The van der Waals surface area contributed by atoms with Crippen LogP contribution in [-0.2, 0) is 14.8 Å². The maximum Gasteiger partial charge on any atom is 0.245 e. The molecule has 1 N–H and O–H groups in total. The minimum absolute atomic E-state index is 0.0273. The molecule has 0 saturated carbocycles. The molecule has 130 valence electrons. The van der Waals surface area contributed by atoms with E-state index in [-0.39, 0.29) is 34.8 Å². The number of hydrogen-bond acceptors (Lipinski definition) is 6. The fraction of sp³-hybridized carbons (Fsp3) is 0.533. The normalized spacial score (nSPS) is 19.7. The van der Waals surface area contributed by atoms with Gasteiger partial charge in [-0.05, 0) is 49.1 Å². The van der Waals surface area contributed by atoms with E-state index >= 15 is 0 Å². The lowest BCUT2D eigenvalue weighted by molar-refractivity contribution is -0.126. The molecule has 1 aliphatic rings. The van der Waals surface area contributed by atoms with Crippen LogP contribution in [0.25, 0.3) is 11.0 Å². The molecule has 0 aliphatic carbocycles. The zero-order valence-electron chi connectivity index (χ0n) is 13.6. The van der Waals surface area contributed by atoms with Crippen LogP contribution >= 0.6 is 0 Å². The molecule has 1 fully saturated rings. The molecule has 2 aromatic rings. The Balaban J connectivity index is 1.87. The highest BCUT2D eigenvalue weighted by atomic mass is 32.2. The second-order valence-corrected chi connectivity index (χ2v) is 8.16. The fourth-order valence-electron chi connectivity index (χ4n) is 2.91. The monoisotopic (exact) mass is 352 g/mol. The highest BCUT2D eigenvalue weighted by molar-refractivity contribution is 7.89. The van der Waals surface area contributed by atoms with Crippen molar-refractivity contribution in [2.24, 2.45) is 5.92 Å². The lowest BCUT2D eigenvalue weighted by atomic mass is 9.98. The molecule has 1 aromatic carbocycles. The van der Waals surface area contributed by atoms with Gasteiger partial charge in [0.25, 0.3) is 0 Å². The Kier molecular flexibility index (Phi) is 4.55. The Labute approximate surface area is 140 Å². The summed E-state index contributed by atoms with van der Waals surface area (Å²) in [6.07, 6.45) is 1.32. The molecule has 1 aliphatic heterocycles. The van der Waals surface area contributed by atoms with E-state index in [1.165, 1.54) is 10.4 Å². The molecular weight excluding hydrogens is 332 g/mol. The topological polar surface area (TPSA) is 105 Å². The summed E-state index contributed by atoms with van der Waals surface area (Å²) < 4.78 is 31.9. The van der Waals surface area contributed by atoms with Crippen LogP contribution in [-0.4, -0.2) is 48.1 Å². The van der Waals surface area contributed by atoms with Crippen LogP contribution in [0.2, 0.25) is 0 Å². The average molecular weight is 352 g/mol. The number of aromatic nitrogens is 2. The highest BCUT2D eigenvalue weighted by Crippen LogP contribution is 2.27. The molecule has 0 radical (unpaired) electrons. The van der Waals surface area contributed by atoms with E-state index in [1.54, 1.807) is 12.1 Å². The maximum absolute atomic E-state index is 13.0. The number of piperidine rings is 1. The summed E-state index contributed by atoms with van der Waals surface area (Å²) in [4.78, 5) is 12.3. The number of nitrogens with zero attached hydrogens (tertiary/aromatic N) is 3. The number of fused-ring (bicyclic) bond motifs is 1. The zero-order chi connectivity index (χ0) is 17.3. The largest absolute Gasteiger partial charge is 0.354 e. The Bertz CT molecular complexity index is 846. The summed E-state index contributed by atoms with van der Waals surface area (Å²) in [5.41, 5.74) is 0.605. The van der Waals surface area contributed by atoms with Crippen molar-refractivity contribution >= 4 is 27.0 Å². The number of sulfonamides is 1. The van der Waals surface area contributed by atoms with Gasteiger partial charge in [0, 0.05) is 19.1 Å². The molecule has 3 rings (SSSR count). The number of amides is 1. The SMILES string of the molecule is CC(C)NC(=O)[C@@H]1CCCN(S(=O)(=O)c2cccc3nonc23)C1. The number of carbonyl (C=O) groups excluding carboxylic acids is 1. The Morgan fingerprint density at radius 2 is 2.17 bits per heavy atom. The van der Waals surface area contributed by atoms with Crippen molar-refractivity contribution in [3.8, 4) is 0 Å². The van der Waals surface area contributed by atoms with Crippen LogP contribution in [0.3, 0.4) is 0 Å². The van der Waals surface area contributed by atoms with Crippen molar-refractivity contribution in [1.29, 1.82) is 0 Å². The maximum atomic E-state index is 13.0. The van der Waals surface area contributed by atoms with Gasteiger partial charge in [-0.25, -0.2) is 13.0 Å². The Morgan fingerprint density at radius 1 is 1.38 bits per heavy atom. The number of carbonyl (C=O) groups is 1. The molecule has 1 saturated heterocycles. The summed E-state index contributed by atoms with van der Waals surface area (Å²) in [7, 11) is -3.76. The number of hydrogen-bond donors (Lipinski definition) is 1. The van der Waals surface area contributed by atoms with Gasteiger partial charge in [-0.15, -0.1) is 0 Å². The van der Waals surface area contributed by atoms with E-state index in [2.05, 4.69) is 20.3 Å². The summed E-state index contributed by atoms with van der Waals surface area (Å²) in [6.45, 7) is 4.32. The van der Waals surface area contributed by atoms with Gasteiger partial charge < -0.3 is 5.32 Å². The predicted octanol–water partition coefficient (Wildman–Crippen LogP) is 1.15. The summed E-state index contributed by atoms with van der Waals surface area (Å²) in [5, 5.41) is 10.2. The van der Waals surface area contributed by atoms with Crippen molar-refractivity contribution in [1.82, 2.24) is 19.9 Å². The molecule has 0 bridgehead atoms. The fourth-order valence-corrected chi connectivity index (χ4v) is 4.57. The molecule has 1 amide bonds. The van der Waals surface area contributed by atoms with Crippen molar-refractivity contribution in [3.05, 3.63) is 18.2 Å². The van der Waals surface area contributed by atoms with Crippen LogP contribution < -0.4 is 5.32 Å². The first kappa shape index (κ1) is 16.8. The second kappa shape index (κ2) is 6.48. The van der Waals surface area contributed by atoms with E-state index < -0.39 is 10.0 Å². The van der Waals surface area contributed by atoms with E-state index in [1.807, 2.05) is 13.8 Å². The van der Waals surface area contributed by atoms with Gasteiger partial charge in [0.15, 0.2) is 5.52 Å². The van der Waals surface area contributed by atoms with Crippen molar-refractivity contribution in [3.63, 3.8) is 0 Å². The third kappa shape index (κ3) is 3.13. The zero-order valence-corrected chi connectivity index (χ0v) is 14.4. The minimum atomic E-state index is -3.76. The van der Waals surface area contributed by atoms with Gasteiger partial charge in [-0.2, -0.15) is 4.31 Å². The van der Waals surface area contributed by atoms with Gasteiger partial charge in [0.1, 0.15) is 10.4 Å². The van der Waals surface area contributed by atoms with Gasteiger partial charge in [-0.3, -0.25) is 4.79 Å². The van der Waals surface area contributed by atoms with E-state index in [0.29, 0.717) is 24.9 Å². The number of nitrogens with one attached hydrogen (secondary N) is 1. The first-order valence-electron chi connectivity index (χ1n) is 7.91. The van der Waals surface area contributed by atoms with Crippen molar-refractivity contribution in [2.75, 3.05) is 13.1 Å². The van der Waals surface area contributed by atoms with Gasteiger partial charge in [-0.1, -0.05) is 6.07 Å². The van der Waals surface area contributed by atoms with Gasteiger partial charge >= 0.3 is 0 Å². The first-order chi connectivity index (χ1) is 11.4. The molecule has 1 aromatic heterocycles. The number of rotatable bonds is 4. The highest BCUT2D eigenvalue weighted by Gasteiger charge is 2.34. The molecule has 24 heavy (non-hydrogen) atoms. The summed E-state index contributed by atoms with van der Waals surface area (Å²) in [6, 6.07) is 4.76. The molecule has 0 spiro atoms. The molecule has 2 heterocycles. The van der Waals surface area contributed by atoms with Crippen LogP contribution in [0.1, 0.15) is 26.7 Å². The van der Waals surface area contributed by atoms with E-state index in [0.717, 1.165) is 0 Å². The minimum Gasteiger partial charge on any atom is -0.354 e. The van der Waals surface area contributed by atoms with Gasteiger partial charge in [0.2, 0.25) is 15.9 Å². The Hall–Kier alpha value is -2.00.